The number of carbonyl (C=O) groups is 1. The first-order valence-electron chi connectivity index (χ1n) is 6.70. The van der Waals surface area contributed by atoms with E-state index >= 15 is 0 Å². The largest absolute Gasteiger partial charge is 0.375 e. The van der Waals surface area contributed by atoms with Crippen LogP contribution in [0.4, 0.5) is 20.9 Å². The molecule has 0 bridgehead atoms. The first-order valence-corrected chi connectivity index (χ1v) is 7.58. The zero-order valence-corrected chi connectivity index (χ0v) is 12.1. The minimum Gasteiger partial charge on any atom is -0.375 e. The molecule has 2 heterocycles. The van der Waals surface area contributed by atoms with Crippen molar-refractivity contribution >= 4 is 33.8 Å². The quantitative estimate of drug-likeness (QED) is 0.914. The van der Waals surface area contributed by atoms with Gasteiger partial charge in [0.25, 0.3) is 5.91 Å². The fourth-order valence-corrected chi connectivity index (χ4v) is 2.93. The van der Waals surface area contributed by atoms with Gasteiger partial charge in [-0.1, -0.05) is 0 Å². The van der Waals surface area contributed by atoms with Crippen LogP contribution >= 0.6 is 11.3 Å². The van der Waals surface area contributed by atoms with E-state index in [1.807, 2.05) is 4.90 Å². The predicted molar refractivity (Wildman–Crippen MR) is 82.3 cm³/mol. The summed E-state index contributed by atoms with van der Waals surface area (Å²) in [5.74, 6) is -0.719. The molecular formula is C14H15FN4OS. The Morgan fingerprint density at radius 3 is 2.76 bits per heavy atom. The number of nitrogens with one attached hydrogen (secondary N) is 1. The minimum absolute atomic E-state index is 0.238. The number of anilines is 3. The topological polar surface area (TPSA) is 71.2 Å². The second-order valence-corrected chi connectivity index (χ2v) is 5.78. The Labute approximate surface area is 125 Å². The van der Waals surface area contributed by atoms with E-state index in [4.69, 9.17) is 5.73 Å². The number of nitrogen functional groups attached to an aromatic ring is 1. The lowest BCUT2D eigenvalue weighted by Crippen LogP contribution is -2.19. The second kappa shape index (κ2) is 5.69. The van der Waals surface area contributed by atoms with Crippen molar-refractivity contribution in [3.8, 4) is 0 Å². The van der Waals surface area contributed by atoms with E-state index in [-0.39, 0.29) is 11.5 Å². The Kier molecular flexibility index (Phi) is 3.74. The van der Waals surface area contributed by atoms with Crippen LogP contribution < -0.4 is 16.0 Å². The van der Waals surface area contributed by atoms with Crippen LogP contribution in [0.1, 0.15) is 23.3 Å². The van der Waals surface area contributed by atoms with Crippen LogP contribution in [0.2, 0.25) is 0 Å². The van der Waals surface area contributed by atoms with Crippen LogP contribution in [0, 0.1) is 5.82 Å². The second-order valence-electron chi connectivity index (χ2n) is 4.89. The molecule has 21 heavy (non-hydrogen) atoms. The molecule has 1 aromatic heterocycles. The summed E-state index contributed by atoms with van der Waals surface area (Å²) in [5.41, 5.74) is 6.72. The third-order valence-electron chi connectivity index (χ3n) is 3.41. The van der Waals surface area contributed by atoms with Crippen LogP contribution in [0.5, 0.6) is 0 Å². The van der Waals surface area contributed by atoms with E-state index in [0.29, 0.717) is 16.5 Å². The zero-order chi connectivity index (χ0) is 14.8. The summed E-state index contributed by atoms with van der Waals surface area (Å²) < 4.78 is 14.1. The average Bonchev–Trinajstić information content (AvgIpc) is 3.10. The summed E-state index contributed by atoms with van der Waals surface area (Å²) in [7, 11) is 0. The molecule has 0 radical (unpaired) electrons. The number of hydrogen-bond acceptors (Lipinski definition) is 5. The third kappa shape index (κ3) is 2.97. The van der Waals surface area contributed by atoms with E-state index in [2.05, 4.69) is 10.3 Å². The number of rotatable bonds is 3. The molecule has 1 aliphatic rings. The molecule has 1 fully saturated rings. The predicted octanol–water partition coefficient (Wildman–Crippen LogP) is 2.72. The van der Waals surface area contributed by atoms with Crippen molar-refractivity contribution in [3.63, 3.8) is 0 Å². The number of halogens is 1. The van der Waals surface area contributed by atoms with Gasteiger partial charge in [0.1, 0.15) is 11.5 Å². The van der Waals surface area contributed by atoms with Crippen molar-refractivity contribution in [1.82, 2.24) is 4.98 Å². The molecule has 0 atom stereocenters. The molecule has 1 amide bonds. The SMILES string of the molecule is Nc1nc(C(=O)Nc2ccc(N3CCCC3)c(F)c2)cs1. The fraction of sp³-hybridized carbons (Fsp3) is 0.286. The molecule has 3 rings (SSSR count). The summed E-state index contributed by atoms with van der Waals surface area (Å²) in [6.07, 6.45) is 2.17. The lowest BCUT2D eigenvalue weighted by molar-refractivity contribution is 0.102. The van der Waals surface area contributed by atoms with Gasteiger partial charge in [-0.25, -0.2) is 9.37 Å². The highest BCUT2D eigenvalue weighted by Crippen LogP contribution is 2.26. The summed E-state index contributed by atoms with van der Waals surface area (Å²) in [6.45, 7) is 1.75. The average molecular weight is 306 g/mol. The van der Waals surface area contributed by atoms with Crippen LogP contribution in [-0.2, 0) is 0 Å². The maximum absolute atomic E-state index is 14.1. The monoisotopic (exact) mass is 306 g/mol. The van der Waals surface area contributed by atoms with Crippen LogP contribution in [0.25, 0.3) is 0 Å². The number of amides is 1. The Hall–Kier alpha value is -2.15. The lowest BCUT2D eigenvalue weighted by atomic mass is 10.2. The van der Waals surface area contributed by atoms with E-state index in [1.165, 1.54) is 17.4 Å². The minimum atomic E-state index is -0.392. The van der Waals surface area contributed by atoms with Gasteiger partial charge in [-0.2, -0.15) is 0 Å². The first kappa shape index (κ1) is 13.8. The van der Waals surface area contributed by atoms with Crippen molar-refractivity contribution in [2.75, 3.05) is 29.0 Å². The number of hydrogen-bond donors (Lipinski definition) is 2. The number of nitrogens with two attached hydrogens (primary N) is 1. The van der Waals surface area contributed by atoms with E-state index in [9.17, 15) is 9.18 Å². The molecule has 5 nitrogen and oxygen atoms in total. The number of nitrogens with zero attached hydrogens (tertiary/aromatic N) is 2. The Morgan fingerprint density at radius 1 is 1.38 bits per heavy atom. The van der Waals surface area contributed by atoms with Crippen molar-refractivity contribution in [3.05, 3.63) is 35.1 Å². The standard InChI is InChI=1S/C14H15FN4OS/c15-10-7-9(3-4-12(10)19-5-1-2-6-19)17-13(20)11-8-21-14(16)18-11/h3-4,7-8H,1-2,5-6H2,(H2,16,18)(H,17,20). The summed E-state index contributed by atoms with van der Waals surface area (Å²) in [5, 5.41) is 4.52. The van der Waals surface area contributed by atoms with Gasteiger partial charge in [0.15, 0.2) is 5.13 Å². The molecule has 0 unspecified atom stereocenters. The van der Waals surface area contributed by atoms with Crippen molar-refractivity contribution < 1.29 is 9.18 Å². The highest BCUT2D eigenvalue weighted by atomic mass is 32.1. The molecule has 1 aliphatic heterocycles. The maximum Gasteiger partial charge on any atom is 0.275 e. The maximum atomic E-state index is 14.1. The number of thiazole rings is 1. The van der Waals surface area contributed by atoms with Crippen LogP contribution in [-0.4, -0.2) is 24.0 Å². The molecule has 110 valence electrons. The number of carbonyl (C=O) groups excluding carboxylic acids is 1. The summed E-state index contributed by atoms with van der Waals surface area (Å²) in [4.78, 5) is 17.8. The van der Waals surface area contributed by atoms with Crippen LogP contribution in [0.15, 0.2) is 23.6 Å². The molecule has 0 aliphatic carbocycles. The summed E-state index contributed by atoms with van der Waals surface area (Å²) >= 11 is 1.19. The molecule has 0 spiro atoms. The van der Waals surface area contributed by atoms with Crippen molar-refractivity contribution in [2.45, 2.75) is 12.8 Å². The molecule has 3 N–H and O–H groups in total. The zero-order valence-electron chi connectivity index (χ0n) is 11.3. The fourth-order valence-electron chi connectivity index (χ4n) is 2.39. The highest BCUT2D eigenvalue weighted by molar-refractivity contribution is 7.13. The van der Waals surface area contributed by atoms with Crippen LogP contribution in [0.3, 0.4) is 0 Å². The van der Waals surface area contributed by atoms with Gasteiger partial charge < -0.3 is 16.0 Å². The van der Waals surface area contributed by atoms with Gasteiger partial charge in [0.05, 0.1) is 5.69 Å². The highest BCUT2D eigenvalue weighted by Gasteiger charge is 2.17. The van der Waals surface area contributed by atoms with Gasteiger partial charge in [0.2, 0.25) is 0 Å². The molecule has 2 aromatic rings. The van der Waals surface area contributed by atoms with E-state index in [1.54, 1.807) is 17.5 Å². The number of benzene rings is 1. The van der Waals surface area contributed by atoms with Gasteiger partial charge in [-0.15, -0.1) is 11.3 Å². The normalized spacial score (nSPS) is 14.4. The van der Waals surface area contributed by atoms with E-state index in [0.717, 1.165) is 25.9 Å². The molecule has 1 saturated heterocycles. The molecular weight excluding hydrogens is 291 g/mol. The molecule has 7 heteroatoms. The number of aromatic nitrogens is 1. The molecule has 1 aromatic carbocycles. The van der Waals surface area contributed by atoms with Crippen molar-refractivity contribution in [1.29, 1.82) is 0 Å². The Morgan fingerprint density at radius 2 is 2.14 bits per heavy atom. The van der Waals surface area contributed by atoms with Gasteiger partial charge >= 0.3 is 0 Å². The third-order valence-corrected chi connectivity index (χ3v) is 4.08. The Balaban J connectivity index is 1.74. The van der Waals surface area contributed by atoms with Gasteiger partial charge in [0, 0.05) is 24.2 Å². The summed E-state index contributed by atoms with van der Waals surface area (Å²) in [6, 6.07) is 4.73. The lowest BCUT2D eigenvalue weighted by Gasteiger charge is -2.18. The Bertz CT molecular complexity index is 667. The molecule has 0 saturated carbocycles. The first-order chi connectivity index (χ1) is 10.1. The van der Waals surface area contributed by atoms with E-state index < -0.39 is 5.91 Å². The van der Waals surface area contributed by atoms with Crippen molar-refractivity contribution in [2.24, 2.45) is 0 Å². The van der Waals surface area contributed by atoms with Gasteiger partial charge in [-0.05, 0) is 31.0 Å². The smallest absolute Gasteiger partial charge is 0.275 e. The van der Waals surface area contributed by atoms with Gasteiger partial charge in [-0.3, -0.25) is 4.79 Å².